The van der Waals surface area contributed by atoms with E-state index >= 15 is 0 Å². The van der Waals surface area contributed by atoms with Gasteiger partial charge >= 0.3 is 11.7 Å². The Morgan fingerprint density at radius 3 is 2.34 bits per heavy atom. The van der Waals surface area contributed by atoms with Crippen LogP contribution in [0.2, 0.25) is 0 Å². The maximum absolute atomic E-state index is 12.0. The summed E-state index contributed by atoms with van der Waals surface area (Å²) in [6, 6.07) is 12.3. The largest absolute Gasteiger partial charge is 0.465 e. The highest BCUT2D eigenvalue weighted by atomic mass is 16.6. The van der Waals surface area contributed by atoms with Crippen LogP contribution >= 0.6 is 0 Å². The molecule has 9 nitrogen and oxygen atoms in total. The van der Waals surface area contributed by atoms with E-state index in [1.807, 2.05) is 32.0 Å². The van der Waals surface area contributed by atoms with Crippen LogP contribution in [-0.2, 0) is 4.74 Å². The quantitative estimate of drug-likeness (QED) is 0.362. The van der Waals surface area contributed by atoms with Crippen LogP contribution in [-0.4, -0.2) is 28.0 Å². The number of carbonyl (C=O) groups excluding carboxylic acids is 1. The molecule has 2 aromatic carbocycles. The minimum Gasteiger partial charge on any atom is -0.465 e. The predicted octanol–water partition coefficient (Wildman–Crippen LogP) is 4.28. The molecule has 0 amide bonds. The number of benzene rings is 2. The van der Waals surface area contributed by atoms with Crippen LogP contribution in [0.1, 0.15) is 21.5 Å². The molecule has 0 bridgehead atoms. The van der Waals surface area contributed by atoms with Gasteiger partial charge in [-0.05, 0) is 43.2 Å². The number of rotatable bonds is 6. The third-order valence-electron chi connectivity index (χ3n) is 4.24. The van der Waals surface area contributed by atoms with Gasteiger partial charge in [0, 0.05) is 5.69 Å². The van der Waals surface area contributed by atoms with Gasteiger partial charge in [0.1, 0.15) is 6.33 Å². The first-order valence-electron chi connectivity index (χ1n) is 8.68. The zero-order chi connectivity index (χ0) is 21.0. The standard InChI is InChI=1S/C20H19N5O4/c1-12-8-9-13(2)16(10-12)24-19-17(25(27)28)18(21-11-22-19)23-15-7-5-4-6-14(15)20(26)29-3/h4-11H,1-3H3,(H2,21,22,23,24). The molecular formula is C20H19N5O4. The van der Waals surface area contributed by atoms with E-state index in [1.54, 1.807) is 24.3 Å². The zero-order valence-electron chi connectivity index (χ0n) is 16.1. The summed E-state index contributed by atoms with van der Waals surface area (Å²) in [7, 11) is 1.26. The van der Waals surface area contributed by atoms with Crippen molar-refractivity contribution in [2.45, 2.75) is 13.8 Å². The van der Waals surface area contributed by atoms with Crippen molar-refractivity contribution in [3.63, 3.8) is 0 Å². The summed E-state index contributed by atoms with van der Waals surface area (Å²) in [5.74, 6) is -0.579. The van der Waals surface area contributed by atoms with Gasteiger partial charge in [-0.3, -0.25) is 10.1 Å². The van der Waals surface area contributed by atoms with Gasteiger partial charge in [0.2, 0.25) is 11.6 Å². The monoisotopic (exact) mass is 393 g/mol. The predicted molar refractivity (Wildman–Crippen MR) is 109 cm³/mol. The number of nitrogens with one attached hydrogen (secondary N) is 2. The van der Waals surface area contributed by atoms with Crippen molar-refractivity contribution in [3.8, 4) is 0 Å². The Balaban J connectivity index is 2.04. The molecule has 0 aliphatic rings. The summed E-state index contributed by atoms with van der Waals surface area (Å²) in [6.07, 6.45) is 1.21. The lowest BCUT2D eigenvalue weighted by Gasteiger charge is -2.13. The SMILES string of the molecule is COC(=O)c1ccccc1Nc1ncnc(Nc2cc(C)ccc2C)c1[N+](=O)[O-]. The van der Waals surface area contributed by atoms with Crippen molar-refractivity contribution >= 4 is 34.7 Å². The lowest BCUT2D eigenvalue weighted by atomic mass is 10.1. The summed E-state index contributed by atoms with van der Waals surface area (Å²) in [4.78, 5) is 31.3. The van der Waals surface area contributed by atoms with Gasteiger partial charge in [0.15, 0.2) is 0 Å². The summed E-state index contributed by atoms with van der Waals surface area (Å²) < 4.78 is 4.76. The van der Waals surface area contributed by atoms with Crippen molar-refractivity contribution in [1.82, 2.24) is 9.97 Å². The second kappa shape index (κ2) is 8.34. The average Bonchev–Trinajstić information content (AvgIpc) is 2.70. The van der Waals surface area contributed by atoms with Crippen LogP contribution in [0.15, 0.2) is 48.8 Å². The third kappa shape index (κ3) is 4.29. The van der Waals surface area contributed by atoms with Crippen molar-refractivity contribution in [3.05, 3.63) is 75.6 Å². The van der Waals surface area contributed by atoms with E-state index in [0.29, 0.717) is 11.4 Å². The Morgan fingerprint density at radius 2 is 1.69 bits per heavy atom. The number of methoxy groups -OCH3 is 1. The average molecular weight is 393 g/mol. The first-order chi connectivity index (χ1) is 13.9. The number of para-hydroxylation sites is 1. The molecule has 148 valence electrons. The van der Waals surface area contributed by atoms with E-state index in [0.717, 1.165) is 11.1 Å². The Kier molecular flexibility index (Phi) is 5.68. The van der Waals surface area contributed by atoms with Crippen LogP contribution in [0, 0.1) is 24.0 Å². The van der Waals surface area contributed by atoms with Crippen molar-refractivity contribution in [2.24, 2.45) is 0 Å². The number of hydrogen-bond donors (Lipinski definition) is 2. The third-order valence-corrected chi connectivity index (χ3v) is 4.24. The molecule has 0 fully saturated rings. The zero-order valence-corrected chi connectivity index (χ0v) is 16.1. The fourth-order valence-corrected chi connectivity index (χ4v) is 2.74. The number of carbonyl (C=O) groups is 1. The van der Waals surface area contributed by atoms with Gasteiger partial charge in [0.25, 0.3) is 0 Å². The number of aromatic nitrogens is 2. The number of hydrogen-bond acceptors (Lipinski definition) is 8. The van der Waals surface area contributed by atoms with E-state index in [2.05, 4.69) is 20.6 Å². The van der Waals surface area contributed by atoms with Crippen LogP contribution in [0.4, 0.5) is 28.7 Å². The molecule has 0 aliphatic heterocycles. The van der Waals surface area contributed by atoms with Crippen LogP contribution < -0.4 is 10.6 Å². The smallest absolute Gasteiger partial charge is 0.353 e. The van der Waals surface area contributed by atoms with E-state index in [1.165, 1.54) is 13.4 Å². The lowest BCUT2D eigenvalue weighted by Crippen LogP contribution is -2.09. The minimum absolute atomic E-state index is 0.0387. The Morgan fingerprint density at radius 1 is 1.03 bits per heavy atom. The van der Waals surface area contributed by atoms with Gasteiger partial charge in [-0.2, -0.15) is 0 Å². The first kappa shape index (κ1) is 19.7. The van der Waals surface area contributed by atoms with Crippen molar-refractivity contribution in [2.75, 3.05) is 17.7 Å². The van der Waals surface area contributed by atoms with Crippen molar-refractivity contribution in [1.29, 1.82) is 0 Å². The van der Waals surface area contributed by atoms with Gasteiger partial charge in [0.05, 0.1) is 23.3 Å². The van der Waals surface area contributed by atoms with Gasteiger partial charge in [-0.25, -0.2) is 14.8 Å². The molecule has 1 heterocycles. The van der Waals surface area contributed by atoms with Crippen LogP contribution in [0.3, 0.4) is 0 Å². The number of ether oxygens (including phenoxy) is 1. The number of nitro groups is 1. The Bertz CT molecular complexity index is 1080. The molecule has 0 atom stereocenters. The fraction of sp³-hybridized carbons (Fsp3) is 0.150. The number of aryl methyl sites for hydroxylation is 2. The maximum Gasteiger partial charge on any atom is 0.353 e. The summed E-state index contributed by atoms with van der Waals surface area (Å²) in [5.41, 5.74) is 2.83. The summed E-state index contributed by atoms with van der Waals surface area (Å²) >= 11 is 0. The molecule has 3 rings (SSSR count). The molecule has 29 heavy (non-hydrogen) atoms. The molecule has 0 unspecified atom stereocenters. The molecule has 3 aromatic rings. The minimum atomic E-state index is -0.573. The Hall–Kier alpha value is -4.01. The topological polar surface area (TPSA) is 119 Å². The van der Waals surface area contributed by atoms with E-state index in [-0.39, 0.29) is 22.9 Å². The van der Waals surface area contributed by atoms with Crippen LogP contribution in [0.5, 0.6) is 0 Å². The van der Waals surface area contributed by atoms with E-state index in [4.69, 9.17) is 4.74 Å². The number of nitrogens with zero attached hydrogens (tertiary/aromatic N) is 3. The molecule has 0 spiro atoms. The van der Waals surface area contributed by atoms with E-state index < -0.39 is 10.9 Å². The Labute approximate surface area is 166 Å². The lowest BCUT2D eigenvalue weighted by molar-refractivity contribution is -0.383. The fourth-order valence-electron chi connectivity index (χ4n) is 2.74. The van der Waals surface area contributed by atoms with Crippen molar-refractivity contribution < 1.29 is 14.5 Å². The summed E-state index contributed by atoms with van der Waals surface area (Å²) in [5, 5.41) is 17.7. The molecule has 0 saturated heterocycles. The molecule has 0 saturated carbocycles. The molecule has 2 N–H and O–H groups in total. The summed E-state index contributed by atoms with van der Waals surface area (Å²) in [6.45, 7) is 3.82. The van der Waals surface area contributed by atoms with Gasteiger partial charge in [-0.1, -0.05) is 24.3 Å². The molecule has 0 aliphatic carbocycles. The second-order valence-electron chi connectivity index (χ2n) is 6.28. The highest BCUT2D eigenvalue weighted by Crippen LogP contribution is 2.34. The first-order valence-corrected chi connectivity index (χ1v) is 8.68. The molecular weight excluding hydrogens is 374 g/mol. The number of anilines is 4. The molecule has 1 aromatic heterocycles. The molecule has 9 heteroatoms. The highest BCUT2D eigenvalue weighted by Gasteiger charge is 2.25. The van der Waals surface area contributed by atoms with Gasteiger partial charge < -0.3 is 15.4 Å². The van der Waals surface area contributed by atoms with Gasteiger partial charge in [-0.15, -0.1) is 0 Å². The molecule has 0 radical (unpaired) electrons. The second-order valence-corrected chi connectivity index (χ2v) is 6.28. The number of esters is 1. The van der Waals surface area contributed by atoms with E-state index in [9.17, 15) is 14.9 Å². The normalized spacial score (nSPS) is 10.3. The van der Waals surface area contributed by atoms with Crippen LogP contribution in [0.25, 0.3) is 0 Å². The maximum atomic E-state index is 12.0. The highest BCUT2D eigenvalue weighted by molar-refractivity contribution is 5.96.